The maximum Gasteiger partial charge on any atom is 0.254 e. The number of hydrogen-bond acceptors (Lipinski definition) is 5. The van der Waals surface area contributed by atoms with Crippen molar-refractivity contribution in [1.82, 2.24) is 19.4 Å². The number of likely N-dealkylation sites (tertiary alicyclic amines) is 1. The Bertz CT molecular complexity index is 836. The summed E-state index contributed by atoms with van der Waals surface area (Å²) in [6.07, 6.45) is 4.46. The lowest BCUT2D eigenvalue weighted by Gasteiger charge is -2.46. The number of aromatic nitrogens is 2. The number of nitrogens with zero attached hydrogens (tertiary/aromatic N) is 4. The van der Waals surface area contributed by atoms with Crippen LogP contribution in [0.4, 0.5) is 0 Å². The van der Waals surface area contributed by atoms with Crippen LogP contribution in [0.25, 0.3) is 0 Å². The monoisotopic (exact) mass is 402 g/mol. The second-order valence-corrected chi connectivity index (χ2v) is 8.10. The lowest BCUT2D eigenvalue weighted by molar-refractivity contribution is -0.179. The van der Waals surface area contributed by atoms with E-state index in [1.54, 1.807) is 6.20 Å². The summed E-state index contributed by atoms with van der Waals surface area (Å²) in [5.74, 6) is 0.963. The quantitative estimate of drug-likeness (QED) is 0.787. The van der Waals surface area contributed by atoms with Gasteiger partial charge >= 0.3 is 0 Å². The van der Waals surface area contributed by atoms with Gasteiger partial charge in [-0.2, -0.15) is 11.3 Å². The van der Waals surface area contributed by atoms with Gasteiger partial charge in [-0.1, -0.05) is 0 Å². The largest absolute Gasteiger partial charge is 0.352 e. The van der Waals surface area contributed by atoms with Crippen molar-refractivity contribution >= 4 is 23.2 Å². The number of rotatable bonds is 4. The summed E-state index contributed by atoms with van der Waals surface area (Å²) in [4.78, 5) is 33.9. The number of imidazole rings is 1. The number of ether oxygens (including phenoxy) is 1. The molecule has 28 heavy (non-hydrogen) atoms. The van der Waals surface area contributed by atoms with Gasteiger partial charge in [0.2, 0.25) is 0 Å². The maximum absolute atomic E-state index is 12.9. The van der Waals surface area contributed by atoms with Gasteiger partial charge < -0.3 is 19.1 Å². The molecule has 7 nitrogen and oxygen atoms in total. The van der Waals surface area contributed by atoms with Crippen molar-refractivity contribution in [3.63, 3.8) is 0 Å². The van der Waals surface area contributed by atoms with Crippen molar-refractivity contribution in [2.24, 2.45) is 0 Å². The summed E-state index contributed by atoms with van der Waals surface area (Å²) < 4.78 is 8.50. The molecule has 1 saturated heterocycles. The van der Waals surface area contributed by atoms with E-state index in [0.717, 1.165) is 11.4 Å². The fraction of sp³-hybridized carbons (Fsp3) is 0.550. The van der Waals surface area contributed by atoms with Crippen LogP contribution in [0.3, 0.4) is 0 Å². The van der Waals surface area contributed by atoms with Gasteiger partial charge in [-0.15, -0.1) is 0 Å². The highest BCUT2D eigenvalue weighted by molar-refractivity contribution is 7.08. The molecule has 4 rings (SSSR count). The van der Waals surface area contributed by atoms with E-state index in [2.05, 4.69) is 4.98 Å². The van der Waals surface area contributed by atoms with Crippen LogP contribution in [0.1, 0.15) is 42.9 Å². The van der Waals surface area contributed by atoms with Gasteiger partial charge in [0, 0.05) is 56.8 Å². The van der Waals surface area contributed by atoms with Gasteiger partial charge in [0.1, 0.15) is 11.4 Å². The standard InChI is InChI=1S/C20H26N4O3S/c1-3-22(4-2)18(26)16-13-24-11-8-21-19(24)20(27-16)6-9-23(10-7-20)17(25)15-5-12-28-14-15/h5,8,11-12,14,16H,3-4,6-7,9-10,13H2,1-2H3. The van der Waals surface area contributed by atoms with E-state index in [1.807, 2.05) is 51.2 Å². The number of thiophene rings is 1. The first-order chi connectivity index (χ1) is 13.6. The summed E-state index contributed by atoms with van der Waals surface area (Å²) >= 11 is 1.53. The summed E-state index contributed by atoms with van der Waals surface area (Å²) in [7, 11) is 0. The first kappa shape index (κ1) is 19.1. The number of amides is 2. The second kappa shape index (κ2) is 7.67. The molecule has 0 saturated carbocycles. The molecule has 2 aliphatic heterocycles. The average molecular weight is 403 g/mol. The van der Waals surface area contributed by atoms with Crippen LogP contribution in [0.2, 0.25) is 0 Å². The highest BCUT2D eigenvalue weighted by atomic mass is 32.1. The van der Waals surface area contributed by atoms with Gasteiger partial charge in [0.25, 0.3) is 11.8 Å². The Hall–Kier alpha value is -2.19. The van der Waals surface area contributed by atoms with E-state index in [-0.39, 0.29) is 11.8 Å². The first-order valence-corrected chi connectivity index (χ1v) is 10.8. The molecule has 1 unspecified atom stereocenters. The fourth-order valence-corrected chi connectivity index (χ4v) is 4.88. The number of likely N-dealkylation sites (N-methyl/N-ethyl adjacent to an activating group) is 1. The van der Waals surface area contributed by atoms with Crippen molar-refractivity contribution < 1.29 is 14.3 Å². The van der Waals surface area contributed by atoms with E-state index < -0.39 is 11.7 Å². The summed E-state index contributed by atoms with van der Waals surface area (Å²) in [5, 5.41) is 3.80. The highest BCUT2D eigenvalue weighted by Crippen LogP contribution is 2.40. The third-order valence-electron chi connectivity index (χ3n) is 5.83. The van der Waals surface area contributed by atoms with Crippen molar-refractivity contribution in [1.29, 1.82) is 0 Å². The topological polar surface area (TPSA) is 67.7 Å². The van der Waals surface area contributed by atoms with Crippen LogP contribution < -0.4 is 0 Å². The number of piperidine rings is 1. The van der Waals surface area contributed by atoms with Crippen LogP contribution in [0.5, 0.6) is 0 Å². The predicted octanol–water partition coefficient (Wildman–Crippen LogP) is 2.34. The lowest BCUT2D eigenvalue weighted by Crippen LogP contribution is -2.55. The van der Waals surface area contributed by atoms with Crippen LogP contribution in [-0.2, 0) is 21.7 Å². The molecular formula is C20H26N4O3S. The summed E-state index contributed by atoms with van der Waals surface area (Å²) in [6, 6.07) is 1.86. The number of carbonyl (C=O) groups excluding carboxylic acids is 2. The predicted molar refractivity (Wildman–Crippen MR) is 106 cm³/mol. The van der Waals surface area contributed by atoms with E-state index in [4.69, 9.17) is 4.74 Å². The Morgan fingerprint density at radius 3 is 2.71 bits per heavy atom. The zero-order chi connectivity index (χ0) is 19.7. The van der Waals surface area contributed by atoms with E-state index in [1.165, 1.54) is 11.3 Å². The SMILES string of the molecule is CCN(CC)C(=O)C1Cn2ccnc2C2(CCN(C(=O)c3ccsc3)CC2)O1. The molecule has 0 aliphatic carbocycles. The molecule has 2 aromatic rings. The van der Waals surface area contributed by atoms with Crippen LogP contribution in [0, 0.1) is 0 Å². The third-order valence-corrected chi connectivity index (χ3v) is 6.51. The Balaban J connectivity index is 1.54. The van der Waals surface area contributed by atoms with Crippen molar-refractivity contribution in [2.45, 2.75) is 44.9 Å². The number of fused-ring (bicyclic) bond motifs is 2. The van der Waals surface area contributed by atoms with Crippen LogP contribution >= 0.6 is 11.3 Å². The molecule has 1 atom stereocenters. The Labute approximate surface area is 168 Å². The number of hydrogen-bond donors (Lipinski definition) is 0. The molecule has 1 spiro atoms. The van der Waals surface area contributed by atoms with Gasteiger partial charge in [-0.25, -0.2) is 4.98 Å². The zero-order valence-electron chi connectivity index (χ0n) is 16.3. The Morgan fingerprint density at radius 2 is 2.07 bits per heavy atom. The summed E-state index contributed by atoms with van der Waals surface area (Å²) in [5.41, 5.74) is 0.127. The van der Waals surface area contributed by atoms with Crippen molar-refractivity contribution in [2.75, 3.05) is 26.2 Å². The minimum atomic E-state index is -0.610. The Morgan fingerprint density at radius 1 is 1.32 bits per heavy atom. The molecule has 2 aromatic heterocycles. The van der Waals surface area contributed by atoms with Gasteiger partial charge in [-0.05, 0) is 25.3 Å². The van der Waals surface area contributed by atoms with Crippen LogP contribution in [0.15, 0.2) is 29.2 Å². The average Bonchev–Trinajstić information content (AvgIpc) is 3.41. The maximum atomic E-state index is 12.9. The van der Waals surface area contributed by atoms with E-state index in [0.29, 0.717) is 45.6 Å². The smallest absolute Gasteiger partial charge is 0.254 e. The molecule has 150 valence electrons. The van der Waals surface area contributed by atoms with Gasteiger partial charge in [0.15, 0.2) is 6.10 Å². The summed E-state index contributed by atoms with van der Waals surface area (Å²) in [6.45, 7) is 6.98. The zero-order valence-corrected chi connectivity index (χ0v) is 17.2. The molecule has 1 fully saturated rings. The fourth-order valence-electron chi connectivity index (χ4n) is 4.25. The molecular weight excluding hydrogens is 376 g/mol. The lowest BCUT2D eigenvalue weighted by atomic mass is 9.88. The minimum absolute atomic E-state index is 0.0282. The normalized spacial score (nSPS) is 20.8. The van der Waals surface area contributed by atoms with Gasteiger partial charge in [-0.3, -0.25) is 9.59 Å². The molecule has 0 aromatic carbocycles. The molecule has 0 bridgehead atoms. The van der Waals surface area contributed by atoms with Crippen molar-refractivity contribution in [3.05, 3.63) is 40.6 Å². The van der Waals surface area contributed by atoms with Crippen LogP contribution in [-0.4, -0.2) is 63.4 Å². The highest BCUT2D eigenvalue weighted by Gasteiger charge is 2.48. The van der Waals surface area contributed by atoms with Gasteiger partial charge in [0.05, 0.1) is 12.1 Å². The molecule has 2 amide bonds. The molecule has 8 heteroatoms. The second-order valence-electron chi connectivity index (χ2n) is 7.32. The number of carbonyl (C=O) groups is 2. The van der Waals surface area contributed by atoms with E-state index in [9.17, 15) is 9.59 Å². The van der Waals surface area contributed by atoms with Crippen molar-refractivity contribution in [3.8, 4) is 0 Å². The first-order valence-electron chi connectivity index (χ1n) is 9.87. The minimum Gasteiger partial charge on any atom is -0.352 e. The third kappa shape index (κ3) is 3.24. The Kier molecular flexibility index (Phi) is 5.25. The molecule has 4 heterocycles. The molecule has 0 N–H and O–H groups in total. The van der Waals surface area contributed by atoms with E-state index >= 15 is 0 Å². The molecule has 0 radical (unpaired) electrons. The molecule has 2 aliphatic rings.